The monoisotopic (exact) mass is 317 g/mol. The van der Waals surface area contributed by atoms with Crippen LogP contribution in [-0.2, 0) is 14.6 Å². The van der Waals surface area contributed by atoms with Crippen LogP contribution < -0.4 is 5.32 Å². The Morgan fingerprint density at radius 1 is 1.40 bits per heavy atom. The SMILES string of the molecule is CC(CNCC1CCCO1)S(=O)(=O)c1ccc(Cl)cc1. The Hall–Kier alpha value is -0.620. The smallest absolute Gasteiger partial charge is 0.182 e. The maximum atomic E-state index is 12.4. The molecule has 0 aliphatic carbocycles. The third kappa shape index (κ3) is 3.95. The van der Waals surface area contributed by atoms with Crippen LogP contribution in [0, 0.1) is 0 Å². The first-order chi connectivity index (χ1) is 9.50. The summed E-state index contributed by atoms with van der Waals surface area (Å²) in [5, 5.41) is 3.24. The van der Waals surface area contributed by atoms with Crippen molar-refractivity contribution in [1.29, 1.82) is 0 Å². The Morgan fingerprint density at radius 3 is 2.70 bits per heavy atom. The topological polar surface area (TPSA) is 55.4 Å². The molecule has 20 heavy (non-hydrogen) atoms. The van der Waals surface area contributed by atoms with Crippen LogP contribution in [0.25, 0.3) is 0 Å². The molecular weight excluding hydrogens is 298 g/mol. The molecule has 0 spiro atoms. The van der Waals surface area contributed by atoms with Gasteiger partial charge in [0.25, 0.3) is 0 Å². The van der Waals surface area contributed by atoms with E-state index in [4.69, 9.17) is 16.3 Å². The Bertz CT molecular complexity index is 524. The molecule has 1 heterocycles. The van der Waals surface area contributed by atoms with Crippen molar-refractivity contribution in [2.75, 3.05) is 19.7 Å². The number of sulfone groups is 1. The molecule has 2 rings (SSSR count). The summed E-state index contributed by atoms with van der Waals surface area (Å²) in [7, 11) is -3.31. The van der Waals surface area contributed by atoms with Crippen molar-refractivity contribution < 1.29 is 13.2 Å². The summed E-state index contributed by atoms with van der Waals surface area (Å²) in [4.78, 5) is 0.313. The van der Waals surface area contributed by atoms with Gasteiger partial charge in [0.1, 0.15) is 0 Å². The van der Waals surface area contributed by atoms with Crippen LogP contribution in [0.2, 0.25) is 5.02 Å². The quantitative estimate of drug-likeness (QED) is 0.874. The fourth-order valence-electron chi connectivity index (χ4n) is 2.22. The lowest BCUT2D eigenvalue weighted by atomic mass is 10.2. The zero-order valence-corrected chi connectivity index (χ0v) is 13.1. The summed E-state index contributed by atoms with van der Waals surface area (Å²) in [6.07, 6.45) is 2.36. The van der Waals surface area contributed by atoms with Gasteiger partial charge < -0.3 is 10.1 Å². The average molecular weight is 318 g/mol. The highest BCUT2D eigenvalue weighted by atomic mass is 35.5. The first-order valence-corrected chi connectivity index (χ1v) is 8.74. The standard InChI is InChI=1S/C14H20ClNO3S/c1-11(9-16-10-13-3-2-8-19-13)20(17,18)14-6-4-12(15)5-7-14/h4-7,11,13,16H,2-3,8-10H2,1H3. The Labute approximate surface area is 125 Å². The number of rotatable bonds is 6. The van der Waals surface area contributed by atoms with Crippen LogP contribution in [-0.4, -0.2) is 39.5 Å². The van der Waals surface area contributed by atoms with Gasteiger partial charge in [-0.2, -0.15) is 0 Å². The van der Waals surface area contributed by atoms with Gasteiger partial charge in [-0.05, 0) is 44.0 Å². The molecule has 0 radical (unpaired) electrons. The third-order valence-corrected chi connectivity index (χ3v) is 5.91. The molecule has 0 aromatic heterocycles. The van der Waals surface area contributed by atoms with Gasteiger partial charge in [-0.3, -0.25) is 0 Å². The minimum atomic E-state index is -3.31. The summed E-state index contributed by atoms with van der Waals surface area (Å²) in [6, 6.07) is 6.30. The Balaban J connectivity index is 1.89. The lowest BCUT2D eigenvalue weighted by Gasteiger charge is -2.16. The molecule has 0 saturated carbocycles. The summed E-state index contributed by atoms with van der Waals surface area (Å²) >= 11 is 5.78. The predicted octanol–water partition coefficient (Wildman–Crippen LogP) is 2.27. The molecule has 1 saturated heterocycles. The molecule has 4 nitrogen and oxygen atoms in total. The predicted molar refractivity (Wildman–Crippen MR) is 79.9 cm³/mol. The van der Waals surface area contributed by atoms with Crippen molar-refractivity contribution in [2.45, 2.75) is 36.0 Å². The first-order valence-electron chi connectivity index (χ1n) is 6.82. The van der Waals surface area contributed by atoms with Crippen molar-refractivity contribution in [3.05, 3.63) is 29.3 Å². The first kappa shape index (κ1) is 15.8. The van der Waals surface area contributed by atoms with E-state index in [-0.39, 0.29) is 6.10 Å². The number of benzene rings is 1. The van der Waals surface area contributed by atoms with E-state index < -0.39 is 15.1 Å². The average Bonchev–Trinajstić information content (AvgIpc) is 2.92. The summed E-state index contributed by atoms with van der Waals surface area (Å²) in [5.74, 6) is 0. The van der Waals surface area contributed by atoms with E-state index in [0.717, 1.165) is 19.4 Å². The van der Waals surface area contributed by atoms with Crippen LogP contribution in [0.4, 0.5) is 0 Å². The van der Waals surface area contributed by atoms with Crippen LogP contribution in [0.5, 0.6) is 0 Å². The second-order valence-corrected chi connectivity index (χ2v) is 7.91. The van der Waals surface area contributed by atoms with E-state index in [1.54, 1.807) is 31.2 Å². The molecule has 2 atom stereocenters. The van der Waals surface area contributed by atoms with Crippen LogP contribution in [0.1, 0.15) is 19.8 Å². The summed E-state index contributed by atoms with van der Waals surface area (Å²) in [6.45, 7) is 3.66. The van der Waals surface area contributed by atoms with Crippen molar-refractivity contribution in [1.82, 2.24) is 5.32 Å². The van der Waals surface area contributed by atoms with Crippen LogP contribution in [0.15, 0.2) is 29.2 Å². The molecule has 112 valence electrons. The lowest BCUT2D eigenvalue weighted by molar-refractivity contribution is 0.110. The molecule has 1 aliphatic heterocycles. The second-order valence-electron chi connectivity index (χ2n) is 5.10. The van der Waals surface area contributed by atoms with Gasteiger partial charge in [0.2, 0.25) is 0 Å². The zero-order valence-electron chi connectivity index (χ0n) is 11.5. The number of hydrogen-bond acceptors (Lipinski definition) is 4. The fourth-order valence-corrected chi connectivity index (χ4v) is 3.66. The minimum absolute atomic E-state index is 0.223. The number of halogens is 1. The molecule has 1 fully saturated rings. The highest BCUT2D eigenvalue weighted by molar-refractivity contribution is 7.92. The highest BCUT2D eigenvalue weighted by Crippen LogP contribution is 2.18. The van der Waals surface area contributed by atoms with E-state index in [2.05, 4.69) is 5.32 Å². The van der Waals surface area contributed by atoms with Crippen molar-refractivity contribution >= 4 is 21.4 Å². The maximum Gasteiger partial charge on any atom is 0.182 e. The molecule has 1 aromatic rings. The van der Waals surface area contributed by atoms with Crippen LogP contribution >= 0.6 is 11.6 Å². The zero-order chi connectivity index (χ0) is 14.6. The van der Waals surface area contributed by atoms with E-state index in [0.29, 0.717) is 23.0 Å². The Morgan fingerprint density at radius 2 is 2.10 bits per heavy atom. The number of hydrogen-bond donors (Lipinski definition) is 1. The van der Waals surface area contributed by atoms with Gasteiger partial charge in [-0.1, -0.05) is 11.6 Å². The molecule has 1 aromatic carbocycles. The highest BCUT2D eigenvalue weighted by Gasteiger charge is 2.23. The molecule has 0 bridgehead atoms. The van der Waals surface area contributed by atoms with E-state index >= 15 is 0 Å². The van der Waals surface area contributed by atoms with Gasteiger partial charge in [0, 0.05) is 24.7 Å². The number of ether oxygens (including phenoxy) is 1. The Kier molecular flexibility index (Phi) is 5.43. The molecular formula is C14H20ClNO3S. The lowest BCUT2D eigenvalue weighted by Crippen LogP contribution is -2.35. The molecule has 1 aliphatic rings. The van der Waals surface area contributed by atoms with Gasteiger partial charge in [0.05, 0.1) is 16.2 Å². The van der Waals surface area contributed by atoms with Gasteiger partial charge in [0.15, 0.2) is 9.84 Å². The van der Waals surface area contributed by atoms with Crippen molar-refractivity contribution in [3.63, 3.8) is 0 Å². The summed E-state index contributed by atoms with van der Waals surface area (Å²) in [5.41, 5.74) is 0. The molecule has 6 heteroatoms. The van der Waals surface area contributed by atoms with Crippen LogP contribution in [0.3, 0.4) is 0 Å². The molecule has 1 N–H and O–H groups in total. The molecule has 2 unspecified atom stereocenters. The van der Waals surface area contributed by atoms with Gasteiger partial charge in [-0.25, -0.2) is 8.42 Å². The number of nitrogens with one attached hydrogen (secondary N) is 1. The fraction of sp³-hybridized carbons (Fsp3) is 0.571. The minimum Gasteiger partial charge on any atom is -0.377 e. The van der Waals surface area contributed by atoms with Crippen molar-refractivity contribution in [3.8, 4) is 0 Å². The molecule has 0 amide bonds. The van der Waals surface area contributed by atoms with E-state index in [1.807, 2.05) is 0 Å². The summed E-state index contributed by atoms with van der Waals surface area (Å²) < 4.78 is 30.2. The maximum absolute atomic E-state index is 12.4. The van der Waals surface area contributed by atoms with E-state index in [9.17, 15) is 8.42 Å². The van der Waals surface area contributed by atoms with Crippen molar-refractivity contribution in [2.24, 2.45) is 0 Å². The third-order valence-electron chi connectivity index (χ3n) is 3.50. The normalized spacial score (nSPS) is 21.0. The van der Waals surface area contributed by atoms with E-state index in [1.165, 1.54) is 0 Å². The largest absolute Gasteiger partial charge is 0.377 e. The van der Waals surface area contributed by atoms with Gasteiger partial charge >= 0.3 is 0 Å². The second kappa shape index (κ2) is 6.89. The van der Waals surface area contributed by atoms with Gasteiger partial charge in [-0.15, -0.1) is 0 Å².